The Morgan fingerprint density at radius 2 is 1.88 bits per heavy atom. The van der Waals surface area contributed by atoms with Gasteiger partial charge in [0.2, 0.25) is 0 Å². The van der Waals surface area contributed by atoms with Crippen LogP contribution in [0.15, 0.2) is 66.8 Å². The zero-order chi connectivity index (χ0) is 19.3. The molecule has 136 valence electrons. The molecular formula is C24H28O2. The van der Waals surface area contributed by atoms with Gasteiger partial charge in [0, 0.05) is 11.5 Å². The maximum atomic E-state index is 11.2. The van der Waals surface area contributed by atoms with Crippen LogP contribution in [0, 0.1) is 12.8 Å². The monoisotopic (exact) mass is 348 g/mol. The first-order chi connectivity index (χ1) is 12.3. The minimum atomic E-state index is -0.419. The number of ether oxygens (including phenoxy) is 1. The van der Waals surface area contributed by atoms with Crippen molar-refractivity contribution in [2.45, 2.75) is 40.2 Å². The van der Waals surface area contributed by atoms with E-state index in [1.807, 2.05) is 63.2 Å². The van der Waals surface area contributed by atoms with E-state index in [1.165, 1.54) is 0 Å². The number of carbonyl (C=O) groups is 1. The molecule has 2 aromatic rings. The Hall–Kier alpha value is -2.61. The molecule has 26 heavy (non-hydrogen) atoms. The molecule has 0 heterocycles. The van der Waals surface area contributed by atoms with Crippen molar-refractivity contribution in [3.8, 4) is 16.9 Å². The summed E-state index contributed by atoms with van der Waals surface area (Å²) in [6.45, 7) is 14.3. The lowest BCUT2D eigenvalue weighted by atomic mass is 9.85. The number of benzene rings is 2. The van der Waals surface area contributed by atoms with Gasteiger partial charge in [-0.25, -0.2) is 0 Å². The Morgan fingerprint density at radius 1 is 1.15 bits per heavy atom. The van der Waals surface area contributed by atoms with E-state index in [0.717, 1.165) is 34.3 Å². The van der Waals surface area contributed by atoms with Crippen LogP contribution in [0.3, 0.4) is 0 Å². The van der Waals surface area contributed by atoms with E-state index in [2.05, 4.69) is 32.6 Å². The Morgan fingerprint density at radius 3 is 2.50 bits per heavy atom. The van der Waals surface area contributed by atoms with Crippen molar-refractivity contribution >= 4 is 6.29 Å². The molecule has 0 N–H and O–H groups in total. The average molecular weight is 348 g/mol. The summed E-state index contributed by atoms with van der Waals surface area (Å²) >= 11 is 0. The van der Waals surface area contributed by atoms with Crippen LogP contribution in [-0.2, 0) is 0 Å². The van der Waals surface area contributed by atoms with Gasteiger partial charge in [-0.05, 0) is 75.6 Å². The standard InChI is InChI=1S/C24H28O2/c1-7-9-23(17(2)3)24(5,6)26-22-11-8-10-20(15-22)21-13-18(4)12-19(14-21)16-25/h7-16,23H,2H2,1,3-6H3. The predicted octanol–water partition coefficient (Wildman–Crippen LogP) is 6.40. The van der Waals surface area contributed by atoms with Crippen LogP contribution in [0.4, 0.5) is 0 Å². The van der Waals surface area contributed by atoms with Crippen LogP contribution in [0.5, 0.6) is 5.75 Å². The maximum Gasteiger partial charge on any atom is 0.150 e. The third-order valence-corrected chi connectivity index (χ3v) is 4.45. The molecular weight excluding hydrogens is 320 g/mol. The summed E-state index contributed by atoms with van der Waals surface area (Å²) < 4.78 is 6.35. The number of hydrogen-bond acceptors (Lipinski definition) is 2. The molecule has 0 aliphatic heterocycles. The van der Waals surface area contributed by atoms with Crippen molar-refractivity contribution in [2.24, 2.45) is 5.92 Å². The molecule has 1 unspecified atom stereocenters. The molecule has 0 radical (unpaired) electrons. The maximum absolute atomic E-state index is 11.2. The number of hydrogen-bond donors (Lipinski definition) is 0. The molecule has 0 aliphatic rings. The van der Waals surface area contributed by atoms with Crippen molar-refractivity contribution in [2.75, 3.05) is 0 Å². The summed E-state index contributed by atoms with van der Waals surface area (Å²) in [6, 6.07) is 13.9. The molecule has 0 bridgehead atoms. The van der Waals surface area contributed by atoms with E-state index in [9.17, 15) is 4.79 Å². The predicted molar refractivity (Wildman–Crippen MR) is 110 cm³/mol. The van der Waals surface area contributed by atoms with Crippen LogP contribution in [0.1, 0.15) is 43.6 Å². The van der Waals surface area contributed by atoms with E-state index < -0.39 is 5.60 Å². The van der Waals surface area contributed by atoms with Gasteiger partial charge in [0.05, 0.1) is 0 Å². The van der Waals surface area contributed by atoms with Crippen molar-refractivity contribution in [1.82, 2.24) is 0 Å². The molecule has 2 heteroatoms. The Bertz CT molecular complexity index is 828. The molecule has 0 aliphatic carbocycles. The molecule has 1 atom stereocenters. The van der Waals surface area contributed by atoms with Crippen LogP contribution < -0.4 is 4.74 Å². The summed E-state index contributed by atoms with van der Waals surface area (Å²) in [4.78, 5) is 11.2. The van der Waals surface area contributed by atoms with Crippen LogP contribution in [-0.4, -0.2) is 11.9 Å². The van der Waals surface area contributed by atoms with Crippen LogP contribution in [0.25, 0.3) is 11.1 Å². The summed E-state index contributed by atoms with van der Waals surface area (Å²) in [6.07, 6.45) is 5.05. The fraction of sp³-hybridized carbons (Fsp3) is 0.292. The molecule has 0 saturated carbocycles. The minimum absolute atomic E-state index is 0.122. The molecule has 2 aromatic carbocycles. The lowest BCUT2D eigenvalue weighted by Crippen LogP contribution is -2.37. The van der Waals surface area contributed by atoms with Gasteiger partial charge in [0.25, 0.3) is 0 Å². The second kappa shape index (κ2) is 8.18. The van der Waals surface area contributed by atoms with Crippen LogP contribution >= 0.6 is 0 Å². The molecule has 0 spiro atoms. The van der Waals surface area contributed by atoms with Gasteiger partial charge in [0.1, 0.15) is 17.6 Å². The van der Waals surface area contributed by atoms with E-state index >= 15 is 0 Å². The van der Waals surface area contributed by atoms with Crippen molar-refractivity contribution in [3.05, 3.63) is 77.9 Å². The smallest absolute Gasteiger partial charge is 0.150 e. The molecule has 0 amide bonds. The largest absolute Gasteiger partial charge is 0.487 e. The number of aryl methyl sites for hydroxylation is 1. The number of carbonyl (C=O) groups excluding carboxylic acids is 1. The normalized spacial score (nSPS) is 12.8. The quantitative estimate of drug-likeness (QED) is 0.427. The highest BCUT2D eigenvalue weighted by atomic mass is 16.5. The minimum Gasteiger partial charge on any atom is -0.487 e. The van der Waals surface area contributed by atoms with Gasteiger partial charge < -0.3 is 4.74 Å². The summed E-state index contributed by atoms with van der Waals surface area (Å²) in [5.41, 5.74) is 4.44. The molecule has 0 fully saturated rings. The third-order valence-electron chi connectivity index (χ3n) is 4.45. The van der Waals surface area contributed by atoms with E-state index in [4.69, 9.17) is 4.74 Å². The van der Waals surface area contributed by atoms with Gasteiger partial charge in [-0.3, -0.25) is 4.79 Å². The second-order valence-corrected chi connectivity index (χ2v) is 7.33. The first-order valence-electron chi connectivity index (χ1n) is 8.91. The highest BCUT2D eigenvalue weighted by Crippen LogP contribution is 2.32. The SMILES string of the molecule is C=C(C)C(C=CC)C(C)(C)Oc1cccc(-c2cc(C)cc(C=O)c2)c1. The van der Waals surface area contributed by atoms with E-state index in [0.29, 0.717) is 5.56 Å². The number of aldehydes is 1. The lowest BCUT2D eigenvalue weighted by Gasteiger charge is -2.34. The fourth-order valence-electron chi connectivity index (χ4n) is 3.34. The summed E-state index contributed by atoms with van der Waals surface area (Å²) in [5.74, 6) is 0.925. The topological polar surface area (TPSA) is 26.3 Å². The highest BCUT2D eigenvalue weighted by Gasteiger charge is 2.30. The van der Waals surface area contributed by atoms with Gasteiger partial charge in [0.15, 0.2) is 0 Å². The molecule has 0 aromatic heterocycles. The van der Waals surface area contributed by atoms with Gasteiger partial charge >= 0.3 is 0 Å². The molecule has 2 rings (SSSR count). The Kier molecular flexibility index (Phi) is 6.20. The summed E-state index contributed by atoms with van der Waals surface area (Å²) in [5, 5.41) is 0. The number of rotatable bonds is 7. The summed E-state index contributed by atoms with van der Waals surface area (Å²) in [7, 11) is 0. The van der Waals surface area contributed by atoms with Gasteiger partial charge in [-0.15, -0.1) is 0 Å². The fourth-order valence-corrected chi connectivity index (χ4v) is 3.34. The highest BCUT2D eigenvalue weighted by molar-refractivity contribution is 5.79. The zero-order valence-electron chi connectivity index (χ0n) is 16.4. The van der Waals surface area contributed by atoms with Crippen LogP contribution in [0.2, 0.25) is 0 Å². The number of allylic oxidation sites excluding steroid dienone is 1. The Balaban J connectivity index is 2.36. The first-order valence-corrected chi connectivity index (χ1v) is 8.91. The van der Waals surface area contributed by atoms with E-state index in [-0.39, 0.29) is 5.92 Å². The first kappa shape index (κ1) is 19.7. The Labute approximate surface area is 157 Å². The van der Waals surface area contributed by atoms with Gasteiger partial charge in [-0.1, -0.05) is 42.5 Å². The molecule has 2 nitrogen and oxygen atoms in total. The van der Waals surface area contributed by atoms with E-state index in [1.54, 1.807) is 0 Å². The van der Waals surface area contributed by atoms with Gasteiger partial charge in [-0.2, -0.15) is 0 Å². The van der Waals surface area contributed by atoms with Crippen molar-refractivity contribution in [1.29, 1.82) is 0 Å². The zero-order valence-corrected chi connectivity index (χ0v) is 16.4. The second-order valence-electron chi connectivity index (χ2n) is 7.33. The average Bonchev–Trinajstić information content (AvgIpc) is 2.58. The third kappa shape index (κ3) is 4.72. The molecule has 0 saturated heterocycles. The van der Waals surface area contributed by atoms with Crippen molar-refractivity contribution < 1.29 is 9.53 Å². The van der Waals surface area contributed by atoms with Crippen molar-refractivity contribution in [3.63, 3.8) is 0 Å². The lowest BCUT2D eigenvalue weighted by molar-refractivity contribution is 0.0787.